The normalized spacial score (nSPS) is 16.9. The lowest BCUT2D eigenvalue weighted by Gasteiger charge is -2.30. The number of hydrogen-bond acceptors (Lipinski definition) is 7. The molecule has 14 heteroatoms. The van der Waals surface area contributed by atoms with E-state index in [1.54, 1.807) is 16.7 Å². The van der Waals surface area contributed by atoms with Gasteiger partial charge in [-0.2, -0.15) is 13.2 Å². The van der Waals surface area contributed by atoms with E-state index in [1.165, 1.54) is 0 Å². The van der Waals surface area contributed by atoms with Crippen LogP contribution in [0.15, 0.2) is 18.2 Å². The van der Waals surface area contributed by atoms with E-state index < -0.39 is 28.4 Å². The third kappa shape index (κ3) is 4.99. The largest absolute Gasteiger partial charge is 0.416 e. The molecule has 1 fully saturated rings. The van der Waals surface area contributed by atoms with E-state index in [4.69, 9.17) is 16.3 Å². The highest BCUT2D eigenvalue weighted by Gasteiger charge is 2.34. The van der Waals surface area contributed by atoms with Crippen molar-refractivity contribution >= 4 is 29.1 Å². The number of non-ortho nitro benzene ring substituents is 1. The van der Waals surface area contributed by atoms with Crippen molar-refractivity contribution in [2.75, 3.05) is 31.6 Å². The van der Waals surface area contributed by atoms with Gasteiger partial charge >= 0.3 is 12.2 Å². The molecule has 1 N–H and O–H groups in total. The van der Waals surface area contributed by atoms with Crippen LogP contribution >= 0.6 is 11.6 Å². The molecule has 2 aliphatic heterocycles. The molecule has 0 spiro atoms. The van der Waals surface area contributed by atoms with Crippen LogP contribution in [0.2, 0.25) is 5.28 Å². The van der Waals surface area contributed by atoms with Crippen molar-refractivity contribution in [3.05, 3.63) is 56.0 Å². The number of fused-ring (bicyclic) bond motifs is 1. The van der Waals surface area contributed by atoms with Gasteiger partial charge in [0.15, 0.2) is 0 Å². The summed E-state index contributed by atoms with van der Waals surface area (Å²) in [5, 5.41) is 14.1. The number of hydrogen-bond donors (Lipinski definition) is 1. The van der Waals surface area contributed by atoms with E-state index in [0.717, 1.165) is 12.1 Å². The van der Waals surface area contributed by atoms with E-state index >= 15 is 0 Å². The number of halogens is 4. The number of nitro benzene ring substituents is 1. The summed E-state index contributed by atoms with van der Waals surface area (Å²) >= 11 is 6.06. The van der Waals surface area contributed by atoms with Crippen molar-refractivity contribution in [3.63, 3.8) is 0 Å². The van der Waals surface area contributed by atoms with Gasteiger partial charge in [-0.05, 0) is 30.2 Å². The summed E-state index contributed by atoms with van der Waals surface area (Å²) < 4.78 is 45.1. The van der Waals surface area contributed by atoms with Gasteiger partial charge in [-0.1, -0.05) is 0 Å². The molecule has 182 valence electrons. The van der Waals surface area contributed by atoms with Crippen LogP contribution < -0.4 is 5.32 Å². The number of nitro groups is 1. The Kier molecular flexibility index (Phi) is 6.49. The Labute approximate surface area is 196 Å². The lowest BCUT2D eigenvalue weighted by atomic mass is 10.0. The van der Waals surface area contributed by atoms with E-state index in [9.17, 15) is 28.1 Å². The Morgan fingerprint density at radius 1 is 1.21 bits per heavy atom. The average Bonchev–Trinajstić information content (AvgIpc) is 3.22. The molecule has 0 bridgehead atoms. The number of aromatic nitrogens is 2. The number of alkyl halides is 3. The fraction of sp³-hybridized carbons (Fsp3) is 0.450. The Hall–Kier alpha value is -3.19. The SMILES string of the molecule is C[C@@H](Nc1nc(Cl)nc2c1CN(C(=O)N1CCOCC1)C2)c1cc([N+](=O)[O-])cc(C(F)(F)F)c1. The quantitative estimate of drug-likeness (QED) is 0.383. The van der Waals surface area contributed by atoms with Crippen LogP contribution in [0.1, 0.15) is 35.3 Å². The number of nitrogens with one attached hydrogen (secondary N) is 1. The molecule has 1 aromatic carbocycles. The van der Waals surface area contributed by atoms with E-state index in [0.29, 0.717) is 43.6 Å². The first-order valence-corrected chi connectivity index (χ1v) is 10.7. The number of ether oxygens (including phenoxy) is 1. The van der Waals surface area contributed by atoms with Crippen LogP contribution in [0, 0.1) is 10.1 Å². The van der Waals surface area contributed by atoms with Gasteiger partial charge < -0.3 is 19.9 Å². The number of carbonyl (C=O) groups is 1. The summed E-state index contributed by atoms with van der Waals surface area (Å²) in [6.45, 7) is 3.76. The first-order chi connectivity index (χ1) is 16.0. The third-order valence-corrected chi connectivity index (χ3v) is 5.81. The topological polar surface area (TPSA) is 114 Å². The highest BCUT2D eigenvalue weighted by molar-refractivity contribution is 6.28. The second-order valence-electron chi connectivity index (χ2n) is 7.94. The molecule has 0 aliphatic carbocycles. The van der Waals surface area contributed by atoms with Crippen molar-refractivity contribution in [2.45, 2.75) is 32.2 Å². The third-order valence-electron chi connectivity index (χ3n) is 5.64. The predicted octanol–water partition coefficient (Wildman–Crippen LogP) is 4.00. The maximum absolute atomic E-state index is 13.3. The standard InChI is InChI=1S/C20H20ClF3N6O4/c1-11(12-6-13(20(22,23)24)8-14(7-12)30(32)33)25-17-15-9-29(10-16(15)26-18(21)27-17)19(31)28-2-4-34-5-3-28/h6-8,11H,2-5,9-10H2,1H3,(H,25,26,27)/t11-/m1/s1. The van der Waals surface area contributed by atoms with Gasteiger partial charge in [0.25, 0.3) is 5.69 Å². The zero-order valence-corrected chi connectivity index (χ0v) is 18.7. The number of benzene rings is 1. The van der Waals surface area contributed by atoms with Gasteiger partial charge in [0, 0.05) is 30.8 Å². The molecule has 0 unspecified atom stereocenters. The maximum Gasteiger partial charge on any atom is 0.416 e. The second-order valence-corrected chi connectivity index (χ2v) is 8.28. The molecule has 2 aromatic rings. The van der Waals surface area contributed by atoms with Crippen LogP contribution in [0.25, 0.3) is 0 Å². The number of nitrogens with zero attached hydrogens (tertiary/aromatic N) is 5. The Bertz CT molecular complexity index is 1130. The second kappa shape index (κ2) is 9.22. The number of anilines is 1. The van der Waals surface area contributed by atoms with Crippen LogP contribution in [-0.2, 0) is 24.0 Å². The van der Waals surface area contributed by atoms with E-state index in [-0.39, 0.29) is 35.8 Å². The molecule has 10 nitrogen and oxygen atoms in total. The molecular formula is C20H20ClF3N6O4. The summed E-state index contributed by atoms with van der Waals surface area (Å²) in [7, 11) is 0. The molecule has 3 heterocycles. The molecule has 0 saturated carbocycles. The minimum absolute atomic E-state index is 0.0456. The van der Waals surface area contributed by atoms with Crippen molar-refractivity contribution in [2.24, 2.45) is 0 Å². The Morgan fingerprint density at radius 2 is 1.91 bits per heavy atom. The predicted molar refractivity (Wildman–Crippen MR) is 114 cm³/mol. The Balaban J connectivity index is 1.59. The maximum atomic E-state index is 13.3. The molecular weight excluding hydrogens is 481 g/mol. The molecule has 4 rings (SSSR count). The van der Waals surface area contributed by atoms with Crippen molar-refractivity contribution in [1.29, 1.82) is 0 Å². The van der Waals surface area contributed by atoms with Crippen molar-refractivity contribution < 1.29 is 27.6 Å². The zero-order valence-electron chi connectivity index (χ0n) is 17.9. The summed E-state index contributed by atoms with van der Waals surface area (Å²) in [4.78, 5) is 34.8. The van der Waals surface area contributed by atoms with E-state index in [2.05, 4.69) is 15.3 Å². The van der Waals surface area contributed by atoms with Crippen LogP contribution in [-0.4, -0.2) is 57.0 Å². The monoisotopic (exact) mass is 500 g/mol. The molecule has 2 amide bonds. The average molecular weight is 501 g/mol. The number of urea groups is 1. The number of amides is 2. The number of morpholine rings is 1. The smallest absolute Gasteiger partial charge is 0.378 e. The summed E-state index contributed by atoms with van der Waals surface area (Å²) in [5.41, 5.74) is -0.653. The molecule has 1 atom stereocenters. The fourth-order valence-corrected chi connectivity index (χ4v) is 4.06. The number of rotatable bonds is 4. The van der Waals surface area contributed by atoms with Crippen molar-refractivity contribution in [1.82, 2.24) is 19.8 Å². The minimum atomic E-state index is -4.75. The van der Waals surface area contributed by atoms with Gasteiger partial charge in [0.2, 0.25) is 5.28 Å². The minimum Gasteiger partial charge on any atom is -0.378 e. The summed E-state index contributed by atoms with van der Waals surface area (Å²) in [5.74, 6) is 0.250. The highest BCUT2D eigenvalue weighted by Crippen LogP contribution is 2.36. The van der Waals surface area contributed by atoms with Gasteiger partial charge in [0.05, 0.1) is 48.5 Å². The summed E-state index contributed by atoms with van der Waals surface area (Å²) in [6.07, 6.45) is -4.75. The van der Waals surface area contributed by atoms with Crippen LogP contribution in [0.5, 0.6) is 0 Å². The highest BCUT2D eigenvalue weighted by atomic mass is 35.5. The van der Waals surface area contributed by atoms with Crippen molar-refractivity contribution in [3.8, 4) is 0 Å². The molecule has 0 radical (unpaired) electrons. The lowest BCUT2D eigenvalue weighted by Crippen LogP contribution is -2.46. The lowest BCUT2D eigenvalue weighted by molar-refractivity contribution is -0.385. The zero-order chi connectivity index (χ0) is 24.6. The van der Waals surface area contributed by atoms with Gasteiger partial charge in [0.1, 0.15) is 5.82 Å². The van der Waals surface area contributed by atoms with Gasteiger partial charge in [-0.25, -0.2) is 14.8 Å². The number of carbonyl (C=O) groups excluding carboxylic acids is 1. The fourth-order valence-electron chi connectivity index (χ4n) is 3.88. The first kappa shape index (κ1) is 24.0. The first-order valence-electron chi connectivity index (χ1n) is 10.3. The van der Waals surface area contributed by atoms with Gasteiger partial charge in [-0.15, -0.1) is 0 Å². The molecule has 1 aromatic heterocycles. The molecule has 34 heavy (non-hydrogen) atoms. The van der Waals surface area contributed by atoms with E-state index in [1.807, 2.05) is 0 Å². The molecule has 1 saturated heterocycles. The van der Waals surface area contributed by atoms with Crippen LogP contribution in [0.3, 0.4) is 0 Å². The van der Waals surface area contributed by atoms with Crippen LogP contribution in [0.4, 0.5) is 29.5 Å². The van der Waals surface area contributed by atoms with Gasteiger partial charge in [-0.3, -0.25) is 10.1 Å². The summed E-state index contributed by atoms with van der Waals surface area (Å²) in [6, 6.07) is 1.43. The molecule has 2 aliphatic rings. The Morgan fingerprint density at radius 3 is 2.56 bits per heavy atom.